The van der Waals surface area contributed by atoms with Crippen molar-refractivity contribution in [1.82, 2.24) is 10.2 Å². The van der Waals surface area contributed by atoms with Crippen molar-refractivity contribution in [2.75, 3.05) is 32.1 Å². The summed E-state index contributed by atoms with van der Waals surface area (Å²) >= 11 is 0. The molecule has 6 nitrogen and oxygen atoms in total. The summed E-state index contributed by atoms with van der Waals surface area (Å²) in [4.78, 5) is 26.1. The summed E-state index contributed by atoms with van der Waals surface area (Å²) in [6, 6.07) is 14.7. The van der Waals surface area contributed by atoms with Crippen LogP contribution in [0, 0.1) is 0 Å². The van der Waals surface area contributed by atoms with E-state index in [9.17, 15) is 9.59 Å². The molecule has 1 aliphatic heterocycles. The van der Waals surface area contributed by atoms with Gasteiger partial charge in [-0.2, -0.15) is 0 Å². The van der Waals surface area contributed by atoms with Crippen molar-refractivity contribution in [3.8, 4) is 5.75 Å². The van der Waals surface area contributed by atoms with Crippen molar-refractivity contribution in [2.24, 2.45) is 0 Å². The zero-order valence-corrected chi connectivity index (χ0v) is 16.2. The Hall–Kier alpha value is -2.57. The number of ether oxygens (including phenoxy) is 1. The second kappa shape index (κ2) is 9.39. The number of rotatable bonds is 4. The van der Waals surface area contributed by atoms with Gasteiger partial charge in [-0.25, -0.2) is 0 Å². The lowest BCUT2D eigenvalue weighted by atomic mass is 10.0. The smallest absolute Gasteiger partial charge is 0.254 e. The molecule has 2 amide bonds. The summed E-state index contributed by atoms with van der Waals surface area (Å²) in [6.07, 6.45) is 0. The lowest BCUT2D eigenvalue weighted by Crippen LogP contribution is -2.48. The van der Waals surface area contributed by atoms with Crippen molar-refractivity contribution < 1.29 is 14.3 Å². The van der Waals surface area contributed by atoms with Gasteiger partial charge in [-0.05, 0) is 30.3 Å². The molecule has 3 rings (SSSR count). The van der Waals surface area contributed by atoms with Crippen LogP contribution in [-0.4, -0.2) is 43.5 Å². The van der Waals surface area contributed by atoms with Crippen molar-refractivity contribution in [2.45, 2.75) is 13.0 Å². The minimum atomic E-state index is -0.137. The maximum atomic E-state index is 13.1. The predicted molar refractivity (Wildman–Crippen MR) is 108 cm³/mol. The van der Waals surface area contributed by atoms with E-state index in [1.807, 2.05) is 29.2 Å². The van der Waals surface area contributed by atoms with Crippen LogP contribution in [0.1, 0.15) is 28.9 Å². The van der Waals surface area contributed by atoms with E-state index in [-0.39, 0.29) is 30.3 Å². The molecule has 7 heteroatoms. The van der Waals surface area contributed by atoms with Crippen LogP contribution in [-0.2, 0) is 4.79 Å². The predicted octanol–water partition coefficient (Wildman–Crippen LogP) is 2.86. The van der Waals surface area contributed by atoms with E-state index in [4.69, 9.17) is 4.74 Å². The number of piperazine rings is 1. The molecule has 2 aromatic rings. The van der Waals surface area contributed by atoms with E-state index in [1.165, 1.54) is 6.92 Å². The third-order valence-corrected chi connectivity index (χ3v) is 4.45. The minimum Gasteiger partial charge on any atom is -0.496 e. The first-order valence-corrected chi connectivity index (χ1v) is 8.62. The van der Waals surface area contributed by atoms with Gasteiger partial charge in [0.1, 0.15) is 5.75 Å². The number of anilines is 1. The topological polar surface area (TPSA) is 70.7 Å². The molecule has 0 saturated carbocycles. The molecule has 1 aliphatic rings. The highest BCUT2D eigenvalue weighted by molar-refractivity contribution is 5.96. The van der Waals surface area contributed by atoms with Gasteiger partial charge in [0.2, 0.25) is 5.91 Å². The molecule has 1 saturated heterocycles. The minimum absolute atomic E-state index is 0. The van der Waals surface area contributed by atoms with Crippen LogP contribution < -0.4 is 15.4 Å². The van der Waals surface area contributed by atoms with E-state index in [2.05, 4.69) is 10.6 Å². The Balaban J connectivity index is 0.00000261. The van der Waals surface area contributed by atoms with E-state index in [1.54, 1.807) is 31.4 Å². The number of amides is 2. The summed E-state index contributed by atoms with van der Waals surface area (Å²) in [7, 11) is 1.64. The van der Waals surface area contributed by atoms with E-state index in [0.717, 1.165) is 17.9 Å². The molecular formula is C20H24ClN3O3. The fourth-order valence-corrected chi connectivity index (χ4v) is 3.23. The molecule has 1 atom stereocenters. The number of carbonyl (C=O) groups excluding carboxylic acids is 2. The van der Waals surface area contributed by atoms with Gasteiger partial charge < -0.3 is 20.3 Å². The number of methoxy groups -OCH3 is 1. The Morgan fingerprint density at radius 2 is 1.85 bits per heavy atom. The maximum absolute atomic E-state index is 13.1. The number of hydrogen-bond acceptors (Lipinski definition) is 4. The summed E-state index contributed by atoms with van der Waals surface area (Å²) in [5, 5.41) is 6.06. The number of nitrogens with one attached hydrogen (secondary N) is 2. The average molecular weight is 390 g/mol. The van der Waals surface area contributed by atoms with Crippen LogP contribution in [0.25, 0.3) is 0 Å². The third-order valence-electron chi connectivity index (χ3n) is 4.45. The number of nitrogens with zero attached hydrogens (tertiary/aromatic N) is 1. The Morgan fingerprint density at radius 3 is 2.52 bits per heavy atom. The summed E-state index contributed by atoms with van der Waals surface area (Å²) in [6.45, 7) is 3.50. The fourth-order valence-electron chi connectivity index (χ4n) is 3.23. The molecule has 0 aliphatic carbocycles. The van der Waals surface area contributed by atoms with E-state index >= 15 is 0 Å². The lowest BCUT2D eigenvalue weighted by molar-refractivity contribution is -0.114. The molecule has 0 aromatic heterocycles. The Labute approximate surface area is 165 Å². The van der Waals surface area contributed by atoms with Gasteiger partial charge in [0.25, 0.3) is 5.91 Å². The second-order valence-corrected chi connectivity index (χ2v) is 6.22. The highest BCUT2D eigenvalue weighted by atomic mass is 35.5. The molecule has 1 unspecified atom stereocenters. The van der Waals surface area contributed by atoms with Crippen LogP contribution in [0.3, 0.4) is 0 Å². The van der Waals surface area contributed by atoms with Gasteiger partial charge in [0, 0.05) is 43.4 Å². The summed E-state index contributed by atoms with van der Waals surface area (Å²) < 4.78 is 5.48. The first-order chi connectivity index (χ1) is 12.6. The quantitative estimate of drug-likeness (QED) is 0.843. The van der Waals surface area contributed by atoms with Crippen LogP contribution >= 0.6 is 12.4 Å². The van der Waals surface area contributed by atoms with Crippen LogP contribution in [0.15, 0.2) is 48.5 Å². The Kier molecular flexibility index (Phi) is 7.21. The number of carbonyl (C=O) groups is 2. The number of hydrogen-bond donors (Lipinski definition) is 2. The van der Waals surface area contributed by atoms with Crippen LogP contribution in [0.2, 0.25) is 0 Å². The molecular weight excluding hydrogens is 366 g/mol. The second-order valence-electron chi connectivity index (χ2n) is 6.22. The molecule has 2 aromatic carbocycles. The molecule has 1 heterocycles. The standard InChI is InChI=1S/C20H23N3O3.ClH/c1-14(24)22-16-9-7-15(8-10-16)20(25)23-12-11-21-13-18(23)17-5-3-4-6-19(17)26-2;/h3-10,18,21H,11-13H2,1-2H3,(H,22,24);1H. The first kappa shape index (κ1) is 20.7. The number of para-hydroxylation sites is 1. The van der Waals surface area contributed by atoms with Gasteiger partial charge in [0.15, 0.2) is 0 Å². The van der Waals surface area contributed by atoms with Crippen LogP contribution in [0.5, 0.6) is 5.75 Å². The van der Waals surface area contributed by atoms with Gasteiger partial charge in [0.05, 0.1) is 13.2 Å². The zero-order chi connectivity index (χ0) is 18.5. The van der Waals surface area contributed by atoms with Gasteiger partial charge in [-0.1, -0.05) is 18.2 Å². The Bertz CT molecular complexity index is 795. The van der Waals surface area contributed by atoms with Gasteiger partial charge >= 0.3 is 0 Å². The molecule has 0 spiro atoms. The first-order valence-electron chi connectivity index (χ1n) is 8.62. The molecule has 0 radical (unpaired) electrons. The molecule has 1 fully saturated rings. The fraction of sp³-hybridized carbons (Fsp3) is 0.300. The van der Waals surface area contributed by atoms with Crippen molar-refractivity contribution in [3.05, 3.63) is 59.7 Å². The molecule has 0 bridgehead atoms. The third kappa shape index (κ3) is 4.78. The number of benzene rings is 2. The van der Waals surface area contributed by atoms with Crippen molar-refractivity contribution >= 4 is 29.9 Å². The highest BCUT2D eigenvalue weighted by Crippen LogP contribution is 2.31. The van der Waals surface area contributed by atoms with E-state index in [0.29, 0.717) is 24.3 Å². The largest absolute Gasteiger partial charge is 0.496 e. The van der Waals surface area contributed by atoms with Gasteiger partial charge in [-0.15, -0.1) is 12.4 Å². The monoisotopic (exact) mass is 389 g/mol. The van der Waals surface area contributed by atoms with Crippen LogP contribution in [0.4, 0.5) is 5.69 Å². The lowest BCUT2D eigenvalue weighted by Gasteiger charge is -2.37. The van der Waals surface area contributed by atoms with Crippen molar-refractivity contribution in [1.29, 1.82) is 0 Å². The Morgan fingerprint density at radius 1 is 1.15 bits per heavy atom. The van der Waals surface area contributed by atoms with Crippen molar-refractivity contribution in [3.63, 3.8) is 0 Å². The number of halogens is 1. The average Bonchev–Trinajstić information content (AvgIpc) is 2.67. The molecule has 2 N–H and O–H groups in total. The SMILES string of the molecule is COc1ccccc1C1CNCCN1C(=O)c1ccc(NC(C)=O)cc1.Cl. The molecule has 144 valence electrons. The summed E-state index contributed by atoms with van der Waals surface area (Å²) in [5.41, 5.74) is 2.27. The van der Waals surface area contributed by atoms with Gasteiger partial charge in [-0.3, -0.25) is 9.59 Å². The zero-order valence-electron chi connectivity index (χ0n) is 15.4. The summed E-state index contributed by atoms with van der Waals surface area (Å²) in [5.74, 6) is 0.610. The maximum Gasteiger partial charge on any atom is 0.254 e. The molecule has 27 heavy (non-hydrogen) atoms. The normalized spacial score (nSPS) is 16.2. The highest BCUT2D eigenvalue weighted by Gasteiger charge is 2.30. The van der Waals surface area contributed by atoms with E-state index < -0.39 is 0 Å².